The number of carbonyl (C=O) groups excluding carboxylic acids is 1. The molecule has 1 atom stereocenters. The molecule has 0 aliphatic carbocycles. The van der Waals surface area contributed by atoms with Crippen molar-refractivity contribution >= 4 is 11.6 Å². The smallest absolute Gasteiger partial charge is 0.241 e. The second-order valence-corrected chi connectivity index (χ2v) is 3.76. The molecular formula is C11H12F2N2O. The van der Waals surface area contributed by atoms with Crippen molar-refractivity contribution < 1.29 is 13.6 Å². The Kier molecular flexibility index (Phi) is 3.14. The number of benzene rings is 1. The molecule has 0 aromatic heterocycles. The van der Waals surface area contributed by atoms with E-state index in [1.807, 2.05) is 0 Å². The molecule has 0 unspecified atom stereocenters. The average molecular weight is 226 g/mol. The van der Waals surface area contributed by atoms with Gasteiger partial charge < -0.3 is 10.6 Å². The van der Waals surface area contributed by atoms with E-state index in [2.05, 4.69) is 10.6 Å². The lowest BCUT2D eigenvalue weighted by Crippen LogP contribution is -2.35. The molecule has 1 aromatic rings. The zero-order chi connectivity index (χ0) is 11.5. The van der Waals surface area contributed by atoms with Crippen molar-refractivity contribution in [3.8, 4) is 0 Å². The highest BCUT2D eigenvalue weighted by Gasteiger charge is 2.22. The number of anilines is 1. The van der Waals surface area contributed by atoms with Crippen LogP contribution in [0.4, 0.5) is 14.5 Å². The van der Waals surface area contributed by atoms with Crippen molar-refractivity contribution in [3.05, 3.63) is 29.8 Å². The minimum atomic E-state index is -0.632. The van der Waals surface area contributed by atoms with Crippen LogP contribution in [0.2, 0.25) is 0 Å². The highest BCUT2D eigenvalue weighted by atomic mass is 19.1. The third kappa shape index (κ3) is 2.36. The van der Waals surface area contributed by atoms with Crippen molar-refractivity contribution in [2.75, 3.05) is 11.9 Å². The minimum absolute atomic E-state index is 0.112. The normalized spacial score (nSPS) is 19.8. The largest absolute Gasteiger partial charge is 0.322 e. The molecule has 2 N–H and O–H groups in total. The maximum absolute atomic E-state index is 13.2. The van der Waals surface area contributed by atoms with Gasteiger partial charge in [-0.15, -0.1) is 0 Å². The van der Waals surface area contributed by atoms with Gasteiger partial charge in [0, 0.05) is 6.07 Å². The van der Waals surface area contributed by atoms with Gasteiger partial charge in [-0.05, 0) is 31.5 Å². The van der Waals surface area contributed by atoms with Crippen LogP contribution in [0.5, 0.6) is 0 Å². The standard InChI is InChI=1S/C11H12F2N2O/c12-7-3-4-8(13)10(6-7)15-11(16)9-2-1-5-14-9/h3-4,6,9,14H,1-2,5H2,(H,15,16)/t9-/m0/s1. The summed E-state index contributed by atoms with van der Waals surface area (Å²) in [4.78, 5) is 11.6. The molecule has 1 aliphatic rings. The van der Waals surface area contributed by atoms with Gasteiger partial charge >= 0.3 is 0 Å². The highest BCUT2D eigenvalue weighted by molar-refractivity contribution is 5.95. The van der Waals surface area contributed by atoms with E-state index in [0.29, 0.717) is 0 Å². The first-order chi connectivity index (χ1) is 7.66. The highest BCUT2D eigenvalue weighted by Crippen LogP contribution is 2.16. The van der Waals surface area contributed by atoms with Crippen LogP contribution in [0.15, 0.2) is 18.2 Å². The molecule has 1 amide bonds. The van der Waals surface area contributed by atoms with Gasteiger partial charge in [0.2, 0.25) is 5.91 Å². The zero-order valence-electron chi connectivity index (χ0n) is 8.59. The molecule has 1 fully saturated rings. The van der Waals surface area contributed by atoms with E-state index in [0.717, 1.165) is 37.6 Å². The molecule has 1 aliphatic heterocycles. The SMILES string of the molecule is O=C(Nc1cc(F)ccc1F)[C@@H]1CCCN1. The van der Waals surface area contributed by atoms with E-state index in [4.69, 9.17) is 0 Å². The van der Waals surface area contributed by atoms with Gasteiger partial charge in [0.25, 0.3) is 0 Å². The van der Waals surface area contributed by atoms with E-state index >= 15 is 0 Å². The summed E-state index contributed by atoms with van der Waals surface area (Å²) >= 11 is 0. The van der Waals surface area contributed by atoms with E-state index in [1.165, 1.54) is 0 Å². The first-order valence-corrected chi connectivity index (χ1v) is 5.16. The van der Waals surface area contributed by atoms with Crippen molar-refractivity contribution in [1.29, 1.82) is 0 Å². The first-order valence-electron chi connectivity index (χ1n) is 5.16. The third-order valence-corrected chi connectivity index (χ3v) is 2.56. The molecule has 3 nitrogen and oxygen atoms in total. The Morgan fingerprint density at radius 3 is 2.94 bits per heavy atom. The number of hydrogen-bond acceptors (Lipinski definition) is 2. The Labute approximate surface area is 91.8 Å². The fourth-order valence-corrected chi connectivity index (χ4v) is 1.72. The third-order valence-electron chi connectivity index (χ3n) is 2.56. The van der Waals surface area contributed by atoms with Gasteiger partial charge in [-0.3, -0.25) is 4.79 Å². The predicted molar refractivity (Wildman–Crippen MR) is 56.0 cm³/mol. The molecular weight excluding hydrogens is 214 g/mol. The molecule has 1 aromatic carbocycles. The summed E-state index contributed by atoms with van der Waals surface area (Å²) in [7, 11) is 0. The molecule has 86 valence electrons. The minimum Gasteiger partial charge on any atom is -0.322 e. The van der Waals surface area contributed by atoms with Gasteiger partial charge in [0.1, 0.15) is 11.6 Å². The molecule has 2 rings (SSSR count). The van der Waals surface area contributed by atoms with Crippen molar-refractivity contribution in [2.24, 2.45) is 0 Å². The van der Waals surface area contributed by atoms with E-state index in [9.17, 15) is 13.6 Å². The lowest BCUT2D eigenvalue weighted by atomic mass is 10.2. The monoisotopic (exact) mass is 226 g/mol. The first kappa shape index (κ1) is 11.0. The summed E-state index contributed by atoms with van der Waals surface area (Å²) < 4.78 is 26.1. The number of amides is 1. The average Bonchev–Trinajstić information content (AvgIpc) is 2.76. The van der Waals surface area contributed by atoms with E-state index in [1.54, 1.807) is 0 Å². The van der Waals surface area contributed by atoms with Crippen molar-refractivity contribution in [3.63, 3.8) is 0 Å². The summed E-state index contributed by atoms with van der Waals surface area (Å²) in [5, 5.41) is 5.36. The van der Waals surface area contributed by atoms with Crippen LogP contribution < -0.4 is 10.6 Å². The molecule has 0 radical (unpaired) electrons. The maximum atomic E-state index is 13.2. The van der Waals surface area contributed by atoms with Gasteiger partial charge in [-0.2, -0.15) is 0 Å². The van der Waals surface area contributed by atoms with Crippen LogP contribution in [-0.2, 0) is 4.79 Å². The maximum Gasteiger partial charge on any atom is 0.241 e. The van der Waals surface area contributed by atoms with Crippen molar-refractivity contribution in [2.45, 2.75) is 18.9 Å². The second kappa shape index (κ2) is 4.57. The van der Waals surface area contributed by atoms with Gasteiger partial charge in [-0.1, -0.05) is 0 Å². The Balaban J connectivity index is 2.07. The summed E-state index contributed by atoms with van der Waals surface area (Å²) in [6.45, 7) is 0.781. The molecule has 0 saturated carbocycles. The fourth-order valence-electron chi connectivity index (χ4n) is 1.72. The van der Waals surface area contributed by atoms with Crippen LogP contribution in [0.1, 0.15) is 12.8 Å². The fraction of sp³-hybridized carbons (Fsp3) is 0.364. The lowest BCUT2D eigenvalue weighted by molar-refractivity contribution is -0.117. The van der Waals surface area contributed by atoms with Crippen LogP contribution in [-0.4, -0.2) is 18.5 Å². The number of hydrogen-bond donors (Lipinski definition) is 2. The molecule has 5 heteroatoms. The Morgan fingerprint density at radius 1 is 1.44 bits per heavy atom. The van der Waals surface area contributed by atoms with Crippen LogP contribution in [0.25, 0.3) is 0 Å². The van der Waals surface area contributed by atoms with Crippen LogP contribution >= 0.6 is 0 Å². The predicted octanol–water partition coefficient (Wildman–Crippen LogP) is 1.66. The lowest BCUT2D eigenvalue weighted by Gasteiger charge is -2.11. The topological polar surface area (TPSA) is 41.1 Å². The molecule has 1 saturated heterocycles. The summed E-state index contributed by atoms with van der Waals surface area (Å²) in [6, 6.07) is 2.68. The molecule has 0 spiro atoms. The number of halogens is 2. The van der Waals surface area contributed by atoms with Crippen molar-refractivity contribution in [1.82, 2.24) is 5.32 Å². The Hall–Kier alpha value is -1.49. The quantitative estimate of drug-likeness (QED) is 0.805. The molecule has 16 heavy (non-hydrogen) atoms. The molecule has 0 bridgehead atoms. The summed E-state index contributed by atoms with van der Waals surface area (Å²) in [5.41, 5.74) is -0.112. The zero-order valence-corrected chi connectivity index (χ0v) is 8.59. The molecule has 1 heterocycles. The Morgan fingerprint density at radius 2 is 2.25 bits per heavy atom. The summed E-state index contributed by atoms with van der Waals surface area (Å²) in [6.07, 6.45) is 1.65. The second-order valence-electron chi connectivity index (χ2n) is 3.76. The van der Waals surface area contributed by atoms with Gasteiger partial charge in [0.15, 0.2) is 0 Å². The van der Waals surface area contributed by atoms with Gasteiger partial charge in [-0.25, -0.2) is 8.78 Å². The van der Waals surface area contributed by atoms with Gasteiger partial charge in [0.05, 0.1) is 11.7 Å². The van der Waals surface area contributed by atoms with E-state index in [-0.39, 0.29) is 17.6 Å². The Bertz CT molecular complexity index is 403. The number of rotatable bonds is 2. The van der Waals surface area contributed by atoms with E-state index < -0.39 is 11.6 Å². The number of nitrogens with one attached hydrogen (secondary N) is 2. The number of carbonyl (C=O) groups is 1. The van der Waals surface area contributed by atoms with Crippen LogP contribution in [0, 0.1) is 11.6 Å². The van der Waals surface area contributed by atoms with Crippen LogP contribution in [0.3, 0.4) is 0 Å². The summed E-state index contributed by atoms with van der Waals surface area (Å²) in [5.74, 6) is -1.52.